The molecular formula is HK3O5Si. The largest absolute Gasteiger partial charge is 1.00 e. The van der Waals surface area contributed by atoms with E-state index in [-0.39, 0.29) is 154 Å². The van der Waals surface area contributed by atoms with Gasteiger partial charge in [0.1, 0.15) is 0 Å². The van der Waals surface area contributed by atoms with Crippen LogP contribution in [0.15, 0.2) is 0 Å². The molecule has 0 amide bonds. The van der Waals surface area contributed by atoms with Crippen molar-refractivity contribution in [2.24, 2.45) is 0 Å². The van der Waals surface area contributed by atoms with E-state index in [9.17, 15) is 0 Å². The van der Waals surface area contributed by atoms with Gasteiger partial charge in [-0.3, -0.25) is 5.26 Å². The van der Waals surface area contributed by atoms with Gasteiger partial charge in [0.2, 0.25) is 0 Å². The van der Waals surface area contributed by atoms with Crippen molar-refractivity contribution in [2.75, 3.05) is 0 Å². The van der Waals surface area contributed by atoms with Crippen molar-refractivity contribution in [3.8, 4) is 0 Å². The Bertz CT molecular complexity index is 42.0. The third kappa shape index (κ3) is 24.6. The first-order valence-corrected chi connectivity index (χ1v) is 2.63. The summed E-state index contributed by atoms with van der Waals surface area (Å²) >= 11 is 0. The third-order valence-electron chi connectivity index (χ3n) is 0.112. The third-order valence-corrected chi connectivity index (χ3v) is 0.335. The maximum atomic E-state index is 9.03. The summed E-state index contributed by atoms with van der Waals surface area (Å²) in [6, 6.07) is 0. The fourth-order valence-corrected chi connectivity index (χ4v) is 0. The normalized spacial score (nSPS) is 8.00. The summed E-state index contributed by atoms with van der Waals surface area (Å²) in [4.78, 5) is 27.1. The fourth-order valence-electron chi connectivity index (χ4n) is 0. The molecule has 5 nitrogen and oxygen atoms in total. The van der Waals surface area contributed by atoms with Crippen LogP contribution in [-0.2, 0) is 4.58 Å². The predicted octanol–water partition coefficient (Wildman–Crippen LogP) is -13.0. The van der Waals surface area contributed by atoms with Crippen LogP contribution in [0.25, 0.3) is 0 Å². The molecule has 1 N–H and O–H groups in total. The molecule has 0 fully saturated rings. The molecule has 0 aromatic heterocycles. The second-order valence-corrected chi connectivity index (χ2v) is 1.77. The van der Waals surface area contributed by atoms with Gasteiger partial charge in [-0.2, -0.15) is 0 Å². The van der Waals surface area contributed by atoms with Gasteiger partial charge in [0.25, 0.3) is 0 Å². The van der Waals surface area contributed by atoms with E-state index in [1.54, 1.807) is 0 Å². The quantitative estimate of drug-likeness (QED) is 0.272. The molecule has 0 spiro atoms. The maximum absolute atomic E-state index is 9.03. The molecule has 0 aromatic rings. The summed E-state index contributed by atoms with van der Waals surface area (Å²) in [5, 5.41) is 7.03. The SMILES string of the molecule is [K+].[K+].[K+].[O-][Si]([O-])([O-])OO. The van der Waals surface area contributed by atoms with E-state index in [0.29, 0.717) is 0 Å². The van der Waals surface area contributed by atoms with Gasteiger partial charge in [-0.15, -0.1) is 0 Å². The van der Waals surface area contributed by atoms with Crippen LogP contribution < -0.4 is 169 Å². The molecule has 0 radical (unpaired) electrons. The van der Waals surface area contributed by atoms with E-state index in [2.05, 4.69) is 4.58 Å². The van der Waals surface area contributed by atoms with E-state index < -0.39 is 9.05 Å². The van der Waals surface area contributed by atoms with Gasteiger partial charge >= 0.3 is 154 Å². The van der Waals surface area contributed by atoms with Crippen molar-refractivity contribution in [3.63, 3.8) is 0 Å². The van der Waals surface area contributed by atoms with Gasteiger partial charge in [-0.05, 0) is 0 Å². The minimum Gasteiger partial charge on any atom is -0.859 e. The van der Waals surface area contributed by atoms with Crippen LogP contribution in [0.3, 0.4) is 0 Å². The minimum atomic E-state index is -5.33. The van der Waals surface area contributed by atoms with Crippen LogP contribution in [0.2, 0.25) is 0 Å². The van der Waals surface area contributed by atoms with E-state index in [1.807, 2.05) is 0 Å². The molecule has 0 heterocycles. The van der Waals surface area contributed by atoms with Gasteiger partial charge in [0.05, 0.1) is 0 Å². The van der Waals surface area contributed by atoms with Crippen molar-refractivity contribution in [3.05, 3.63) is 0 Å². The van der Waals surface area contributed by atoms with Crippen LogP contribution in [0.5, 0.6) is 0 Å². The van der Waals surface area contributed by atoms with Crippen LogP contribution in [0, 0.1) is 0 Å². The van der Waals surface area contributed by atoms with Crippen molar-refractivity contribution in [1.29, 1.82) is 0 Å². The molecule has 0 aliphatic rings. The predicted molar refractivity (Wildman–Crippen MR) is 9.47 cm³/mol. The van der Waals surface area contributed by atoms with Gasteiger partial charge in [-0.25, -0.2) is 0 Å². The summed E-state index contributed by atoms with van der Waals surface area (Å²) in [5.41, 5.74) is 0. The zero-order valence-electron chi connectivity index (χ0n) is 5.58. The Labute approximate surface area is 181 Å². The summed E-state index contributed by atoms with van der Waals surface area (Å²) in [6.07, 6.45) is 0. The molecule has 0 aliphatic heterocycles. The van der Waals surface area contributed by atoms with Gasteiger partial charge in [0, 0.05) is 0 Å². The molecule has 0 saturated heterocycles. The molecule has 0 aromatic carbocycles. The minimum absolute atomic E-state index is 0. The molecule has 38 valence electrons. The number of hydrogen-bond donors (Lipinski definition) is 1. The zero-order valence-corrected chi connectivity index (χ0v) is 15.9. The Morgan fingerprint density at radius 1 is 1.00 bits per heavy atom. The van der Waals surface area contributed by atoms with E-state index in [0.717, 1.165) is 0 Å². The first-order valence-electron chi connectivity index (χ1n) is 0.999. The Balaban J connectivity index is -0.0000000417. The fraction of sp³-hybridized carbons (Fsp3) is 0. The molecule has 0 atom stereocenters. The summed E-state index contributed by atoms with van der Waals surface area (Å²) in [7, 11) is -5.33. The second-order valence-electron chi connectivity index (χ2n) is 0.591. The summed E-state index contributed by atoms with van der Waals surface area (Å²) in [6.45, 7) is 0. The molecule has 9 heavy (non-hydrogen) atoms. The van der Waals surface area contributed by atoms with E-state index >= 15 is 0 Å². The van der Waals surface area contributed by atoms with E-state index in [4.69, 9.17) is 19.6 Å². The Morgan fingerprint density at radius 2 is 1.11 bits per heavy atom. The van der Waals surface area contributed by atoms with E-state index in [1.165, 1.54) is 0 Å². The van der Waals surface area contributed by atoms with Crippen LogP contribution >= 0.6 is 0 Å². The molecule has 0 rings (SSSR count). The van der Waals surface area contributed by atoms with Crippen LogP contribution in [-0.4, -0.2) is 14.3 Å². The standard InChI is InChI=1S/3K.HO5Si/c;;;1-5-6(2,3)4/h;;;1H/q3*+1;-3. The van der Waals surface area contributed by atoms with Gasteiger partial charge < -0.3 is 19.0 Å². The Morgan fingerprint density at radius 3 is 1.11 bits per heavy atom. The zero-order chi connectivity index (χ0) is 5.21. The van der Waals surface area contributed by atoms with Crippen molar-refractivity contribution < 1.29 is 178 Å². The maximum Gasteiger partial charge on any atom is 1.00 e. The average Bonchev–Trinajstić information content (AvgIpc) is 1.35. The topological polar surface area (TPSA) is 98.6 Å². The van der Waals surface area contributed by atoms with Crippen molar-refractivity contribution in [1.82, 2.24) is 0 Å². The first kappa shape index (κ1) is 23.6. The van der Waals surface area contributed by atoms with Crippen LogP contribution in [0.1, 0.15) is 0 Å². The summed E-state index contributed by atoms with van der Waals surface area (Å²) < 4.78 is 2.41. The molecule has 0 aliphatic carbocycles. The molecule has 9 heteroatoms. The van der Waals surface area contributed by atoms with Gasteiger partial charge in [-0.1, -0.05) is 9.05 Å². The van der Waals surface area contributed by atoms with Crippen molar-refractivity contribution in [2.45, 2.75) is 0 Å². The second kappa shape index (κ2) is 12.9. The molecule has 0 bridgehead atoms. The smallest absolute Gasteiger partial charge is 0.859 e. The summed E-state index contributed by atoms with van der Waals surface area (Å²) in [5.74, 6) is 0. The first-order chi connectivity index (χ1) is 2.56. The van der Waals surface area contributed by atoms with Crippen molar-refractivity contribution >= 4 is 9.05 Å². The molecular weight excluding hydrogens is 225 g/mol. The van der Waals surface area contributed by atoms with Crippen LogP contribution in [0.4, 0.5) is 0 Å². The Hall–Kier alpha value is 4.93. The monoisotopic (exact) mass is 226 g/mol. The Kier molecular flexibility index (Phi) is 33.9. The van der Waals surface area contributed by atoms with Gasteiger partial charge in [0.15, 0.2) is 0 Å². The number of hydrogen-bond acceptors (Lipinski definition) is 5. The number of rotatable bonds is 1. The molecule has 0 unspecified atom stereocenters. The molecule has 0 saturated carbocycles. The average molecular weight is 226 g/mol.